The minimum Gasteiger partial charge on any atom is -0.484 e. The van der Waals surface area contributed by atoms with Crippen LogP contribution in [0.1, 0.15) is 54.4 Å². The van der Waals surface area contributed by atoms with E-state index in [0.717, 1.165) is 6.42 Å². The summed E-state index contributed by atoms with van der Waals surface area (Å²) in [5.74, 6) is 0.513. The van der Waals surface area contributed by atoms with Crippen LogP contribution in [0.4, 0.5) is 5.69 Å². The summed E-state index contributed by atoms with van der Waals surface area (Å²) < 4.78 is 11.2. The number of para-hydroxylation sites is 1. The predicted molar refractivity (Wildman–Crippen MR) is 92.8 cm³/mol. The van der Waals surface area contributed by atoms with Crippen LogP contribution in [-0.2, 0) is 4.79 Å². The monoisotopic (exact) mass is 329 g/mol. The van der Waals surface area contributed by atoms with Crippen molar-refractivity contribution in [3.8, 4) is 11.5 Å². The van der Waals surface area contributed by atoms with Crippen molar-refractivity contribution < 1.29 is 14.3 Å². The fourth-order valence-electron chi connectivity index (χ4n) is 1.69. The van der Waals surface area contributed by atoms with Crippen LogP contribution in [0, 0.1) is 5.41 Å². The number of hydrogen-bond donors (Lipinski definition) is 1. The van der Waals surface area contributed by atoms with E-state index < -0.39 is 0 Å². The summed E-state index contributed by atoms with van der Waals surface area (Å²) in [6.07, 6.45) is 1.11. The zero-order chi connectivity index (χ0) is 16.3. The molecule has 0 aliphatic carbocycles. The molecule has 4 nitrogen and oxygen atoms in total. The maximum Gasteiger partial charge on any atom is 0.311 e. The Morgan fingerprint density at radius 3 is 2.23 bits per heavy atom. The lowest BCUT2D eigenvalue weighted by molar-refractivity contribution is -0.135. The topological polar surface area (TPSA) is 61.5 Å². The summed E-state index contributed by atoms with van der Waals surface area (Å²) in [6, 6.07) is 5.23. The first kappa shape index (κ1) is 20.6. The predicted octanol–water partition coefficient (Wildman–Crippen LogP) is 4.60. The van der Waals surface area contributed by atoms with Crippen molar-refractivity contribution in [1.82, 2.24) is 0 Å². The lowest BCUT2D eigenvalue weighted by atomic mass is 9.91. The molecule has 0 fully saturated rings. The zero-order valence-corrected chi connectivity index (χ0v) is 15.2. The minimum atomic E-state index is -0.389. The second kappa shape index (κ2) is 7.73. The first-order valence-corrected chi connectivity index (χ1v) is 7.26. The Balaban J connectivity index is 0.00000441. The molecule has 1 aromatic carbocycles. The van der Waals surface area contributed by atoms with Gasteiger partial charge in [-0.2, -0.15) is 0 Å². The third kappa shape index (κ3) is 7.55. The highest BCUT2D eigenvalue weighted by molar-refractivity contribution is 5.85. The standard InChI is InChI=1S/C17H27NO3.ClH/c1-16(2,3)11-10-14(19)20-15-12(18)8-7-9-13(15)21-17(4,5)6;/h7-9H,10-11,18H2,1-6H3;1H. The van der Waals surface area contributed by atoms with Crippen LogP contribution < -0.4 is 15.2 Å². The lowest BCUT2D eigenvalue weighted by Gasteiger charge is -2.23. The van der Waals surface area contributed by atoms with Gasteiger partial charge in [-0.3, -0.25) is 4.79 Å². The molecule has 0 bridgehead atoms. The molecule has 2 N–H and O–H groups in total. The molecular formula is C17H28ClNO3. The van der Waals surface area contributed by atoms with Crippen molar-refractivity contribution >= 4 is 24.1 Å². The number of hydrogen-bond acceptors (Lipinski definition) is 4. The van der Waals surface area contributed by atoms with Crippen LogP contribution in [0.15, 0.2) is 18.2 Å². The Bertz CT molecular complexity index is 502. The van der Waals surface area contributed by atoms with Crippen LogP contribution >= 0.6 is 12.4 Å². The summed E-state index contributed by atoms with van der Waals surface area (Å²) in [5.41, 5.74) is 6.02. The van der Waals surface area contributed by atoms with Gasteiger partial charge in [0.25, 0.3) is 0 Å². The molecule has 5 heteroatoms. The number of rotatable bonds is 4. The summed E-state index contributed by atoms with van der Waals surface area (Å²) in [4.78, 5) is 12.0. The largest absolute Gasteiger partial charge is 0.484 e. The fraction of sp³-hybridized carbons (Fsp3) is 0.588. The highest BCUT2D eigenvalue weighted by Crippen LogP contribution is 2.36. The van der Waals surface area contributed by atoms with Crippen LogP contribution in [0.2, 0.25) is 0 Å². The van der Waals surface area contributed by atoms with E-state index in [9.17, 15) is 4.79 Å². The van der Waals surface area contributed by atoms with Gasteiger partial charge in [0.2, 0.25) is 0 Å². The second-order valence-electron chi connectivity index (χ2n) is 7.42. The summed E-state index contributed by atoms with van der Waals surface area (Å²) in [6.45, 7) is 12.1. The van der Waals surface area contributed by atoms with Crippen molar-refractivity contribution in [3.05, 3.63) is 18.2 Å². The molecule has 22 heavy (non-hydrogen) atoms. The van der Waals surface area contributed by atoms with Crippen LogP contribution in [0.3, 0.4) is 0 Å². The zero-order valence-electron chi connectivity index (χ0n) is 14.4. The van der Waals surface area contributed by atoms with Gasteiger partial charge < -0.3 is 15.2 Å². The summed E-state index contributed by atoms with van der Waals surface area (Å²) >= 11 is 0. The number of nitrogen functional groups attached to an aromatic ring is 1. The van der Waals surface area contributed by atoms with E-state index >= 15 is 0 Å². The molecule has 0 radical (unpaired) electrons. The molecule has 1 aromatic rings. The Hall–Kier alpha value is -1.42. The number of anilines is 1. The van der Waals surface area contributed by atoms with E-state index in [1.54, 1.807) is 18.2 Å². The minimum absolute atomic E-state index is 0. The van der Waals surface area contributed by atoms with E-state index in [0.29, 0.717) is 23.6 Å². The molecular weight excluding hydrogens is 302 g/mol. The molecule has 0 spiro atoms. The van der Waals surface area contributed by atoms with Gasteiger partial charge in [0, 0.05) is 6.42 Å². The molecule has 0 unspecified atom stereocenters. The third-order valence-electron chi connectivity index (χ3n) is 2.72. The lowest BCUT2D eigenvalue weighted by Crippen LogP contribution is -2.24. The van der Waals surface area contributed by atoms with E-state index in [1.807, 2.05) is 20.8 Å². The first-order valence-electron chi connectivity index (χ1n) is 7.26. The Kier molecular flexibility index (Phi) is 7.23. The molecule has 0 saturated carbocycles. The van der Waals surface area contributed by atoms with Gasteiger partial charge in [-0.25, -0.2) is 0 Å². The van der Waals surface area contributed by atoms with Gasteiger partial charge in [0.05, 0.1) is 5.69 Å². The summed E-state index contributed by atoms with van der Waals surface area (Å²) in [5, 5.41) is 0. The molecule has 0 amide bonds. The normalized spacial score (nSPS) is 11.5. The van der Waals surface area contributed by atoms with Crippen molar-refractivity contribution in [2.75, 3.05) is 5.73 Å². The number of halogens is 1. The smallest absolute Gasteiger partial charge is 0.311 e. The van der Waals surface area contributed by atoms with Crippen LogP contribution in [0.25, 0.3) is 0 Å². The van der Waals surface area contributed by atoms with Gasteiger partial charge in [-0.1, -0.05) is 26.8 Å². The third-order valence-corrected chi connectivity index (χ3v) is 2.72. The van der Waals surface area contributed by atoms with Crippen molar-refractivity contribution in [2.45, 2.75) is 60.0 Å². The average Bonchev–Trinajstić information content (AvgIpc) is 2.28. The van der Waals surface area contributed by atoms with Gasteiger partial charge in [-0.05, 0) is 44.7 Å². The van der Waals surface area contributed by atoms with E-state index in [2.05, 4.69) is 20.8 Å². The van der Waals surface area contributed by atoms with Crippen molar-refractivity contribution in [1.29, 1.82) is 0 Å². The average molecular weight is 330 g/mol. The maximum absolute atomic E-state index is 12.0. The van der Waals surface area contributed by atoms with Gasteiger partial charge in [-0.15, -0.1) is 12.4 Å². The Morgan fingerprint density at radius 2 is 1.73 bits per heavy atom. The van der Waals surface area contributed by atoms with E-state index in [4.69, 9.17) is 15.2 Å². The molecule has 0 saturated heterocycles. The molecule has 0 heterocycles. The number of carbonyl (C=O) groups excluding carboxylic acids is 1. The number of nitrogens with two attached hydrogens (primary N) is 1. The molecule has 0 atom stereocenters. The van der Waals surface area contributed by atoms with Gasteiger partial charge in [0.15, 0.2) is 11.5 Å². The highest BCUT2D eigenvalue weighted by atomic mass is 35.5. The number of ether oxygens (including phenoxy) is 2. The molecule has 1 rings (SSSR count). The highest BCUT2D eigenvalue weighted by Gasteiger charge is 2.20. The molecule has 126 valence electrons. The SMILES string of the molecule is CC(C)(C)CCC(=O)Oc1c(N)cccc1OC(C)(C)C.Cl. The molecule has 0 aliphatic heterocycles. The number of carbonyl (C=O) groups is 1. The molecule has 0 aromatic heterocycles. The van der Waals surface area contributed by atoms with Gasteiger partial charge >= 0.3 is 5.97 Å². The Labute approximate surface area is 139 Å². The number of benzene rings is 1. The second-order valence-corrected chi connectivity index (χ2v) is 7.42. The fourth-order valence-corrected chi connectivity index (χ4v) is 1.69. The summed E-state index contributed by atoms with van der Waals surface area (Å²) in [7, 11) is 0. The first-order chi connectivity index (χ1) is 9.48. The van der Waals surface area contributed by atoms with Crippen molar-refractivity contribution in [2.24, 2.45) is 5.41 Å². The van der Waals surface area contributed by atoms with Crippen LogP contribution in [0.5, 0.6) is 11.5 Å². The van der Waals surface area contributed by atoms with Gasteiger partial charge in [0.1, 0.15) is 5.60 Å². The van der Waals surface area contributed by atoms with Crippen molar-refractivity contribution in [3.63, 3.8) is 0 Å². The van der Waals surface area contributed by atoms with E-state index in [-0.39, 0.29) is 29.4 Å². The van der Waals surface area contributed by atoms with E-state index in [1.165, 1.54) is 0 Å². The number of esters is 1. The Morgan fingerprint density at radius 1 is 1.14 bits per heavy atom. The quantitative estimate of drug-likeness (QED) is 0.498. The van der Waals surface area contributed by atoms with Crippen LogP contribution in [-0.4, -0.2) is 11.6 Å². The maximum atomic E-state index is 12.0. The molecule has 0 aliphatic rings.